The molecule has 0 bridgehead atoms. The molecule has 3 aromatic rings. The second-order valence-corrected chi connectivity index (χ2v) is 11.4. The average molecular weight is 685 g/mol. The zero-order chi connectivity index (χ0) is 35.7. The summed E-state index contributed by atoms with van der Waals surface area (Å²) in [5.74, 6) is -4.46. The Kier molecular flexibility index (Phi) is 12.6. The van der Waals surface area contributed by atoms with Crippen LogP contribution < -0.4 is 14.8 Å². The molecule has 0 radical (unpaired) electrons. The molecular weight excluding hydrogens is 646 g/mol. The Bertz CT molecular complexity index is 1700. The minimum absolute atomic E-state index is 0.0751. The van der Waals surface area contributed by atoms with Crippen LogP contribution in [0.25, 0.3) is 0 Å². The fraction of sp³-hybridized carbons (Fsp3) is 0.371. The van der Waals surface area contributed by atoms with E-state index in [4.69, 9.17) is 28.7 Å². The summed E-state index contributed by atoms with van der Waals surface area (Å²) in [7, 11) is 2.85. The molecule has 0 aromatic heterocycles. The molecule has 1 saturated heterocycles. The van der Waals surface area contributed by atoms with E-state index in [9.17, 15) is 28.0 Å². The highest BCUT2D eigenvalue weighted by atomic mass is 19.2. The Morgan fingerprint density at radius 1 is 0.816 bits per heavy atom. The first-order valence-corrected chi connectivity index (χ1v) is 15.4. The summed E-state index contributed by atoms with van der Waals surface area (Å²) in [6.07, 6.45) is 1.07. The predicted octanol–water partition coefficient (Wildman–Crippen LogP) is 5.58. The van der Waals surface area contributed by atoms with Crippen LogP contribution >= 0.6 is 0 Å². The molecule has 49 heavy (non-hydrogen) atoms. The molecule has 1 fully saturated rings. The molecule has 262 valence electrons. The van der Waals surface area contributed by atoms with Crippen LogP contribution in [0.4, 0.5) is 13.6 Å². The van der Waals surface area contributed by atoms with E-state index >= 15 is 0 Å². The van der Waals surface area contributed by atoms with Gasteiger partial charge in [-0.05, 0) is 87.1 Å². The van der Waals surface area contributed by atoms with Gasteiger partial charge >= 0.3 is 12.1 Å². The zero-order valence-corrected chi connectivity index (χ0v) is 27.9. The zero-order valence-electron chi connectivity index (χ0n) is 27.9. The van der Waals surface area contributed by atoms with E-state index in [1.54, 1.807) is 6.07 Å². The number of likely N-dealkylation sites (tertiary alicyclic amines) is 1. The van der Waals surface area contributed by atoms with Crippen LogP contribution in [-0.4, -0.2) is 75.6 Å². The van der Waals surface area contributed by atoms with Gasteiger partial charge in [0.05, 0.1) is 5.56 Å². The van der Waals surface area contributed by atoms with Crippen LogP contribution in [0.1, 0.15) is 72.6 Å². The van der Waals surface area contributed by atoms with Gasteiger partial charge < -0.3 is 29.2 Å². The van der Waals surface area contributed by atoms with Crippen molar-refractivity contribution in [3.05, 3.63) is 93.0 Å². The number of carbonyl (C=O) groups excluding carboxylic acids is 4. The van der Waals surface area contributed by atoms with Crippen molar-refractivity contribution in [2.24, 2.45) is 0 Å². The Morgan fingerprint density at radius 2 is 1.47 bits per heavy atom. The van der Waals surface area contributed by atoms with Gasteiger partial charge in [0, 0.05) is 44.5 Å². The fourth-order valence-electron chi connectivity index (χ4n) is 5.41. The Hall–Kier alpha value is -5.08. The van der Waals surface area contributed by atoms with Crippen molar-refractivity contribution in [2.75, 3.05) is 40.9 Å². The number of rotatable bonds is 11. The first kappa shape index (κ1) is 36.8. The van der Waals surface area contributed by atoms with Crippen LogP contribution in [0.3, 0.4) is 0 Å². The number of nitrogens with one attached hydrogen (secondary N) is 1. The topological polar surface area (TPSA) is 139 Å². The second kappa shape index (κ2) is 16.8. The SMILES string of the molecule is COCOc1cc(C)c(C(=O)NC2CCCCN(C(=O)OOC(=O)c3ccc(C(=O)c4c(OCOC)ccc(F)c4F)cc3)C2)c(C)c1C. The smallest absolute Gasteiger partial charge is 0.453 e. The first-order chi connectivity index (χ1) is 23.5. The summed E-state index contributed by atoms with van der Waals surface area (Å²) in [6, 6.07) is 8.14. The summed E-state index contributed by atoms with van der Waals surface area (Å²) in [5.41, 5.74) is 2.02. The normalized spacial score (nSPS) is 14.4. The van der Waals surface area contributed by atoms with Gasteiger partial charge in [0.15, 0.2) is 31.0 Å². The quantitative estimate of drug-likeness (QED) is 0.118. The Morgan fingerprint density at radius 3 is 2.14 bits per heavy atom. The summed E-state index contributed by atoms with van der Waals surface area (Å²) in [5, 5.41) is 3.02. The number of amides is 2. The van der Waals surface area contributed by atoms with Gasteiger partial charge in [0.25, 0.3) is 5.91 Å². The van der Waals surface area contributed by atoms with Gasteiger partial charge in [-0.3, -0.25) is 9.59 Å². The lowest BCUT2D eigenvalue weighted by Gasteiger charge is -2.24. The number of hydrogen-bond acceptors (Lipinski definition) is 10. The van der Waals surface area contributed by atoms with Gasteiger partial charge in [-0.15, -0.1) is 0 Å². The minimum atomic E-state index is -1.40. The molecule has 0 saturated carbocycles. The minimum Gasteiger partial charge on any atom is -0.467 e. The van der Waals surface area contributed by atoms with E-state index in [2.05, 4.69) is 5.32 Å². The summed E-state index contributed by atoms with van der Waals surface area (Å²) >= 11 is 0. The number of nitrogens with zero attached hydrogens (tertiary/aromatic N) is 1. The maximum atomic E-state index is 14.6. The molecule has 0 spiro atoms. The average Bonchev–Trinajstić information content (AvgIpc) is 3.33. The van der Waals surface area contributed by atoms with E-state index in [0.29, 0.717) is 30.7 Å². The maximum Gasteiger partial charge on any atom is 0.453 e. The van der Waals surface area contributed by atoms with Crippen LogP contribution in [-0.2, 0) is 19.2 Å². The molecule has 4 rings (SSSR count). The van der Waals surface area contributed by atoms with Crippen molar-refractivity contribution >= 4 is 23.8 Å². The molecular formula is C35H38F2N2O10. The highest BCUT2D eigenvalue weighted by molar-refractivity contribution is 6.11. The van der Waals surface area contributed by atoms with Crippen molar-refractivity contribution < 1.29 is 56.7 Å². The molecule has 1 aliphatic rings. The van der Waals surface area contributed by atoms with Crippen molar-refractivity contribution in [3.8, 4) is 11.5 Å². The molecule has 0 aliphatic carbocycles. The van der Waals surface area contributed by atoms with E-state index in [1.807, 2.05) is 20.8 Å². The number of ketones is 1. The van der Waals surface area contributed by atoms with Gasteiger partial charge in [-0.2, -0.15) is 0 Å². The van der Waals surface area contributed by atoms with Gasteiger partial charge in [-0.1, -0.05) is 12.1 Å². The maximum absolute atomic E-state index is 14.6. The summed E-state index contributed by atoms with van der Waals surface area (Å²) in [6.45, 7) is 5.73. The Balaban J connectivity index is 1.36. The molecule has 1 unspecified atom stereocenters. The van der Waals surface area contributed by atoms with Gasteiger partial charge in [-0.25, -0.2) is 28.1 Å². The third-order valence-corrected chi connectivity index (χ3v) is 8.06. The van der Waals surface area contributed by atoms with Gasteiger partial charge in [0.1, 0.15) is 17.1 Å². The van der Waals surface area contributed by atoms with Crippen LogP contribution in [0.5, 0.6) is 11.5 Å². The number of hydrogen-bond donors (Lipinski definition) is 1. The lowest BCUT2D eigenvalue weighted by molar-refractivity contribution is -0.192. The van der Waals surface area contributed by atoms with Crippen molar-refractivity contribution in [1.29, 1.82) is 0 Å². The number of halogens is 2. The van der Waals surface area contributed by atoms with Crippen molar-refractivity contribution in [3.63, 3.8) is 0 Å². The molecule has 14 heteroatoms. The lowest BCUT2D eigenvalue weighted by atomic mass is 9.96. The molecule has 2 amide bonds. The fourth-order valence-corrected chi connectivity index (χ4v) is 5.41. The van der Waals surface area contributed by atoms with E-state index in [1.165, 1.54) is 43.4 Å². The van der Waals surface area contributed by atoms with E-state index < -0.39 is 41.1 Å². The largest absolute Gasteiger partial charge is 0.467 e. The molecule has 12 nitrogen and oxygen atoms in total. The van der Waals surface area contributed by atoms with Crippen LogP contribution in [0.2, 0.25) is 0 Å². The highest BCUT2D eigenvalue weighted by Crippen LogP contribution is 2.29. The third kappa shape index (κ3) is 8.89. The van der Waals surface area contributed by atoms with E-state index in [-0.39, 0.29) is 42.9 Å². The third-order valence-electron chi connectivity index (χ3n) is 8.06. The molecule has 3 aromatic carbocycles. The molecule has 1 N–H and O–H groups in total. The highest BCUT2D eigenvalue weighted by Gasteiger charge is 2.28. The molecule has 1 atom stereocenters. The van der Waals surface area contributed by atoms with Crippen molar-refractivity contribution in [2.45, 2.75) is 46.1 Å². The number of aryl methyl sites for hydroxylation is 1. The number of methoxy groups -OCH3 is 2. The Labute approximate surface area is 282 Å². The molecule has 1 aliphatic heterocycles. The van der Waals surface area contributed by atoms with E-state index in [0.717, 1.165) is 35.2 Å². The monoisotopic (exact) mass is 684 g/mol. The predicted molar refractivity (Wildman–Crippen MR) is 170 cm³/mol. The molecule has 1 heterocycles. The van der Waals surface area contributed by atoms with Gasteiger partial charge in [0.2, 0.25) is 0 Å². The summed E-state index contributed by atoms with van der Waals surface area (Å²) in [4.78, 5) is 62.9. The first-order valence-electron chi connectivity index (χ1n) is 15.4. The standard InChI is InChI=1S/C35H38F2N2O10/c1-20-16-28(47-19-45-5)21(2)22(3)29(20)33(41)38-25-8-6-7-15-39(17-25)35(43)49-48-34(42)24-11-9-23(10-12-24)32(40)30-27(46-18-44-4)14-13-26(36)31(30)37/h9-14,16,25H,6-8,15,17-19H2,1-5H3,(H,38,41). The second-order valence-electron chi connectivity index (χ2n) is 11.4. The van der Waals surface area contributed by atoms with Crippen molar-refractivity contribution in [1.82, 2.24) is 10.2 Å². The number of benzene rings is 3. The lowest BCUT2D eigenvalue weighted by Crippen LogP contribution is -2.45. The number of ether oxygens (including phenoxy) is 4. The summed E-state index contributed by atoms with van der Waals surface area (Å²) < 4.78 is 49.1. The number of carbonyl (C=O) groups is 4. The van der Waals surface area contributed by atoms with Crippen LogP contribution in [0.15, 0.2) is 42.5 Å². The van der Waals surface area contributed by atoms with Crippen LogP contribution in [0, 0.1) is 32.4 Å².